The van der Waals surface area contributed by atoms with Gasteiger partial charge in [-0.1, -0.05) is 36.4 Å². The lowest BCUT2D eigenvalue weighted by molar-refractivity contribution is -0.132. The van der Waals surface area contributed by atoms with Crippen LogP contribution < -0.4 is 5.32 Å². The van der Waals surface area contributed by atoms with E-state index in [1.165, 1.54) is 23.8 Å². The first kappa shape index (κ1) is 18.4. The summed E-state index contributed by atoms with van der Waals surface area (Å²) < 4.78 is 27.1. The molecule has 5 heteroatoms. The van der Waals surface area contributed by atoms with Gasteiger partial charge in [-0.05, 0) is 42.9 Å². The number of hydrogen-bond donors (Lipinski definition) is 1. The standard InChI is InChI=1S/C21H24F2N2O/c22-18-7-4-8-19(23)21(18)24-12-9-20(26)25-13-10-17(11-14-25)15-16-5-2-1-3-6-16/h1-8,17,24H,9-15H2. The molecule has 2 aromatic carbocycles. The summed E-state index contributed by atoms with van der Waals surface area (Å²) in [5.74, 6) is -0.641. The smallest absolute Gasteiger partial charge is 0.224 e. The molecule has 2 aromatic rings. The molecule has 0 aliphatic carbocycles. The van der Waals surface area contributed by atoms with Gasteiger partial charge in [-0.25, -0.2) is 8.78 Å². The number of rotatable bonds is 6. The lowest BCUT2D eigenvalue weighted by Gasteiger charge is -2.32. The van der Waals surface area contributed by atoms with E-state index in [1.54, 1.807) is 0 Å². The molecule has 1 aliphatic rings. The van der Waals surface area contributed by atoms with Crippen LogP contribution in [-0.2, 0) is 11.2 Å². The molecule has 1 aliphatic heterocycles. The third kappa shape index (κ3) is 4.81. The first-order chi connectivity index (χ1) is 12.6. The Bertz CT molecular complexity index is 708. The molecule has 0 aromatic heterocycles. The minimum absolute atomic E-state index is 0.0346. The van der Waals surface area contributed by atoms with Crippen molar-refractivity contribution in [3.63, 3.8) is 0 Å². The predicted molar refractivity (Wildman–Crippen MR) is 98.9 cm³/mol. The second kappa shape index (κ2) is 8.79. The normalized spacial score (nSPS) is 15.1. The molecular weight excluding hydrogens is 334 g/mol. The van der Waals surface area contributed by atoms with Crippen molar-refractivity contribution in [1.29, 1.82) is 0 Å². The van der Waals surface area contributed by atoms with Gasteiger partial charge in [0.25, 0.3) is 0 Å². The van der Waals surface area contributed by atoms with Crippen LogP contribution in [0.5, 0.6) is 0 Å². The van der Waals surface area contributed by atoms with Gasteiger partial charge in [0, 0.05) is 26.1 Å². The molecule has 1 heterocycles. The monoisotopic (exact) mass is 358 g/mol. The van der Waals surface area contributed by atoms with Crippen LogP contribution >= 0.6 is 0 Å². The average molecular weight is 358 g/mol. The predicted octanol–water partition coefficient (Wildman–Crippen LogP) is 4.25. The maximum absolute atomic E-state index is 13.6. The van der Waals surface area contributed by atoms with Crippen molar-refractivity contribution in [3.8, 4) is 0 Å². The fourth-order valence-electron chi connectivity index (χ4n) is 3.45. The van der Waals surface area contributed by atoms with E-state index in [1.807, 2.05) is 11.0 Å². The number of likely N-dealkylation sites (tertiary alicyclic amines) is 1. The quantitative estimate of drug-likeness (QED) is 0.837. The highest BCUT2D eigenvalue weighted by Gasteiger charge is 2.22. The number of nitrogens with one attached hydrogen (secondary N) is 1. The largest absolute Gasteiger partial charge is 0.380 e. The van der Waals surface area contributed by atoms with Gasteiger partial charge < -0.3 is 10.2 Å². The van der Waals surface area contributed by atoms with Crippen LogP contribution in [0.2, 0.25) is 0 Å². The van der Waals surface area contributed by atoms with Gasteiger partial charge in [0.15, 0.2) is 0 Å². The molecule has 0 saturated carbocycles. The van der Waals surface area contributed by atoms with Gasteiger partial charge in [-0.2, -0.15) is 0 Å². The number of halogens is 2. The number of para-hydroxylation sites is 1. The van der Waals surface area contributed by atoms with Gasteiger partial charge in [0.05, 0.1) is 0 Å². The Morgan fingerprint density at radius 3 is 2.31 bits per heavy atom. The topological polar surface area (TPSA) is 32.3 Å². The zero-order chi connectivity index (χ0) is 18.4. The first-order valence-corrected chi connectivity index (χ1v) is 9.13. The molecule has 1 saturated heterocycles. The van der Waals surface area contributed by atoms with Gasteiger partial charge in [0.2, 0.25) is 5.91 Å². The molecule has 0 unspecified atom stereocenters. The molecule has 3 rings (SSSR count). The molecule has 1 fully saturated rings. The van der Waals surface area contributed by atoms with E-state index in [4.69, 9.17) is 0 Å². The van der Waals surface area contributed by atoms with Crippen molar-refractivity contribution in [3.05, 3.63) is 65.7 Å². The Morgan fingerprint density at radius 2 is 1.65 bits per heavy atom. The molecular formula is C21H24F2N2O. The summed E-state index contributed by atoms with van der Waals surface area (Å²) >= 11 is 0. The van der Waals surface area contributed by atoms with Gasteiger partial charge in [-0.3, -0.25) is 4.79 Å². The highest BCUT2D eigenvalue weighted by atomic mass is 19.1. The summed E-state index contributed by atoms with van der Waals surface area (Å²) in [5, 5.41) is 2.70. The minimum Gasteiger partial charge on any atom is -0.380 e. The van der Waals surface area contributed by atoms with Crippen molar-refractivity contribution in [2.24, 2.45) is 5.92 Å². The number of carbonyl (C=O) groups excluding carboxylic acids is 1. The molecule has 138 valence electrons. The summed E-state index contributed by atoms with van der Waals surface area (Å²) in [7, 11) is 0. The van der Waals surface area contributed by atoms with Gasteiger partial charge >= 0.3 is 0 Å². The van der Waals surface area contributed by atoms with Crippen molar-refractivity contribution in [2.45, 2.75) is 25.7 Å². The molecule has 0 atom stereocenters. The molecule has 0 spiro atoms. The second-order valence-electron chi connectivity index (χ2n) is 6.79. The summed E-state index contributed by atoms with van der Waals surface area (Å²) in [4.78, 5) is 14.2. The zero-order valence-electron chi connectivity index (χ0n) is 14.8. The average Bonchev–Trinajstić information content (AvgIpc) is 2.65. The number of piperidine rings is 1. The van der Waals surface area contributed by atoms with E-state index in [2.05, 4.69) is 29.6 Å². The van der Waals surface area contributed by atoms with Crippen LogP contribution in [0.1, 0.15) is 24.8 Å². The molecule has 3 nitrogen and oxygen atoms in total. The number of nitrogens with zero attached hydrogens (tertiary/aromatic N) is 1. The Labute approximate surface area is 153 Å². The molecule has 0 bridgehead atoms. The summed E-state index contributed by atoms with van der Waals surface area (Å²) in [5.41, 5.74) is 1.18. The number of anilines is 1. The fourth-order valence-corrected chi connectivity index (χ4v) is 3.45. The van der Waals surface area contributed by atoms with Crippen molar-refractivity contribution in [1.82, 2.24) is 4.90 Å². The maximum atomic E-state index is 13.6. The van der Waals surface area contributed by atoms with Crippen molar-refractivity contribution in [2.75, 3.05) is 25.0 Å². The number of benzene rings is 2. The molecule has 1 N–H and O–H groups in total. The summed E-state index contributed by atoms with van der Waals surface area (Å²) in [6.45, 7) is 1.73. The SMILES string of the molecule is O=C(CCNc1c(F)cccc1F)N1CCC(Cc2ccccc2)CC1. The Hall–Kier alpha value is -2.43. The highest BCUT2D eigenvalue weighted by Crippen LogP contribution is 2.22. The summed E-state index contributed by atoms with van der Waals surface area (Å²) in [6.07, 6.45) is 3.28. The Morgan fingerprint density at radius 1 is 1.00 bits per heavy atom. The van der Waals surface area contributed by atoms with E-state index in [-0.39, 0.29) is 24.6 Å². The third-order valence-corrected chi connectivity index (χ3v) is 4.94. The van der Waals surface area contributed by atoms with Crippen LogP contribution in [0.3, 0.4) is 0 Å². The van der Waals surface area contributed by atoms with Crippen LogP contribution in [0.4, 0.5) is 14.5 Å². The minimum atomic E-state index is -0.640. The van der Waals surface area contributed by atoms with Crippen molar-refractivity contribution < 1.29 is 13.6 Å². The second-order valence-corrected chi connectivity index (χ2v) is 6.79. The number of carbonyl (C=O) groups is 1. The third-order valence-electron chi connectivity index (χ3n) is 4.94. The van der Waals surface area contributed by atoms with Crippen molar-refractivity contribution >= 4 is 11.6 Å². The maximum Gasteiger partial charge on any atom is 0.224 e. The molecule has 0 radical (unpaired) electrons. The summed E-state index contributed by atoms with van der Waals surface area (Å²) in [6, 6.07) is 14.1. The fraction of sp³-hybridized carbons (Fsp3) is 0.381. The van der Waals surface area contributed by atoms with Crippen LogP contribution in [-0.4, -0.2) is 30.4 Å². The lowest BCUT2D eigenvalue weighted by atomic mass is 9.90. The van der Waals surface area contributed by atoms with E-state index in [9.17, 15) is 13.6 Å². The van der Waals surface area contributed by atoms with Gasteiger partial charge in [0.1, 0.15) is 17.3 Å². The van der Waals surface area contributed by atoms with E-state index in [0.717, 1.165) is 32.4 Å². The van der Waals surface area contributed by atoms with E-state index < -0.39 is 11.6 Å². The number of hydrogen-bond acceptors (Lipinski definition) is 2. The first-order valence-electron chi connectivity index (χ1n) is 9.13. The molecule has 1 amide bonds. The lowest BCUT2D eigenvalue weighted by Crippen LogP contribution is -2.39. The van der Waals surface area contributed by atoms with E-state index >= 15 is 0 Å². The van der Waals surface area contributed by atoms with Gasteiger partial charge in [-0.15, -0.1) is 0 Å². The zero-order valence-corrected chi connectivity index (χ0v) is 14.8. The highest BCUT2D eigenvalue weighted by molar-refractivity contribution is 5.76. The Balaban J connectivity index is 1.41. The number of amides is 1. The molecule has 26 heavy (non-hydrogen) atoms. The van der Waals surface area contributed by atoms with Crippen LogP contribution in [0.15, 0.2) is 48.5 Å². The Kier molecular flexibility index (Phi) is 6.21. The van der Waals surface area contributed by atoms with Crippen LogP contribution in [0, 0.1) is 17.6 Å². The van der Waals surface area contributed by atoms with Crippen LogP contribution in [0.25, 0.3) is 0 Å². The van der Waals surface area contributed by atoms with E-state index in [0.29, 0.717) is 5.92 Å².